The van der Waals surface area contributed by atoms with Gasteiger partial charge in [-0.1, -0.05) is 11.6 Å². The molecule has 1 heterocycles. The largest absolute Gasteiger partial charge is 0.356 e. The van der Waals surface area contributed by atoms with Crippen LogP contribution in [0.25, 0.3) is 0 Å². The molecule has 6 heteroatoms. The summed E-state index contributed by atoms with van der Waals surface area (Å²) in [5.74, 6) is -0.0779. The van der Waals surface area contributed by atoms with Gasteiger partial charge in [0.25, 0.3) is 0 Å². The number of carbonyl (C=O) groups is 1. The second-order valence-corrected chi connectivity index (χ2v) is 5.40. The van der Waals surface area contributed by atoms with Crippen molar-refractivity contribution in [2.45, 2.75) is 25.7 Å². The SMILES string of the molecule is CC(C(=O)NCCCCN)c1ccc(Cl)s1.Cl. The van der Waals surface area contributed by atoms with Crippen LogP contribution in [0.5, 0.6) is 0 Å². The van der Waals surface area contributed by atoms with Crippen molar-refractivity contribution in [3.05, 3.63) is 21.3 Å². The molecule has 1 unspecified atom stereocenters. The molecule has 1 aromatic rings. The van der Waals surface area contributed by atoms with Gasteiger partial charge in [0.2, 0.25) is 5.91 Å². The maximum absolute atomic E-state index is 11.7. The average molecular weight is 297 g/mol. The fraction of sp³-hybridized carbons (Fsp3) is 0.545. The van der Waals surface area contributed by atoms with Crippen molar-refractivity contribution in [1.82, 2.24) is 5.32 Å². The quantitative estimate of drug-likeness (QED) is 0.793. The van der Waals surface area contributed by atoms with Crippen LogP contribution in [-0.2, 0) is 4.79 Å². The van der Waals surface area contributed by atoms with Crippen LogP contribution in [-0.4, -0.2) is 19.0 Å². The van der Waals surface area contributed by atoms with Crippen LogP contribution in [0.1, 0.15) is 30.6 Å². The molecule has 0 aromatic carbocycles. The number of hydrogen-bond donors (Lipinski definition) is 2. The lowest BCUT2D eigenvalue weighted by Crippen LogP contribution is -2.28. The van der Waals surface area contributed by atoms with E-state index in [9.17, 15) is 4.79 Å². The highest BCUT2D eigenvalue weighted by Crippen LogP contribution is 2.27. The summed E-state index contributed by atoms with van der Waals surface area (Å²) in [5.41, 5.74) is 5.37. The maximum Gasteiger partial charge on any atom is 0.228 e. The van der Waals surface area contributed by atoms with E-state index in [0.29, 0.717) is 13.1 Å². The summed E-state index contributed by atoms with van der Waals surface area (Å²) in [6.45, 7) is 3.26. The standard InChI is InChI=1S/C11H17ClN2OS.ClH/c1-8(9-4-5-10(12)16-9)11(15)14-7-3-2-6-13;/h4-5,8H,2-3,6-7,13H2,1H3,(H,14,15);1H. The van der Waals surface area contributed by atoms with Crippen molar-refractivity contribution in [2.75, 3.05) is 13.1 Å². The Hall–Kier alpha value is -0.290. The molecule has 17 heavy (non-hydrogen) atoms. The van der Waals surface area contributed by atoms with Crippen LogP contribution >= 0.6 is 35.3 Å². The second-order valence-electron chi connectivity index (χ2n) is 3.65. The topological polar surface area (TPSA) is 55.1 Å². The van der Waals surface area contributed by atoms with Crippen molar-refractivity contribution in [3.8, 4) is 0 Å². The van der Waals surface area contributed by atoms with Crippen LogP contribution in [0.3, 0.4) is 0 Å². The molecule has 0 fully saturated rings. The molecule has 0 bridgehead atoms. The highest BCUT2D eigenvalue weighted by molar-refractivity contribution is 7.16. The summed E-state index contributed by atoms with van der Waals surface area (Å²) in [6.07, 6.45) is 1.87. The molecule has 0 radical (unpaired) electrons. The van der Waals surface area contributed by atoms with E-state index in [0.717, 1.165) is 22.1 Å². The predicted molar refractivity (Wildman–Crippen MR) is 76.3 cm³/mol. The van der Waals surface area contributed by atoms with Crippen LogP contribution in [0.4, 0.5) is 0 Å². The molecule has 98 valence electrons. The van der Waals surface area contributed by atoms with Gasteiger partial charge >= 0.3 is 0 Å². The van der Waals surface area contributed by atoms with E-state index in [4.69, 9.17) is 17.3 Å². The monoisotopic (exact) mass is 296 g/mol. The molecule has 0 saturated heterocycles. The molecule has 1 aromatic heterocycles. The molecule has 0 aliphatic heterocycles. The zero-order valence-electron chi connectivity index (χ0n) is 9.74. The van der Waals surface area contributed by atoms with E-state index in [1.165, 1.54) is 11.3 Å². The lowest BCUT2D eigenvalue weighted by Gasteiger charge is -2.10. The number of rotatable bonds is 6. The Morgan fingerprint density at radius 3 is 2.76 bits per heavy atom. The number of nitrogens with two attached hydrogens (primary N) is 1. The van der Waals surface area contributed by atoms with Gasteiger partial charge in [0.05, 0.1) is 10.3 Å². The Labute approximate surface area is 117 Å². The molecule has 3 N–H and O–H groups in total. The van der Waals surface area contributed by atoms with Gasteiger partial charge in [0, 0.05) is 11.4 Å². The van der Waals surface area contributed by atoms with Crippen molar-refractivity contribution >= 4 is 41.3 Å². The zero-order valence-corrected chi connectivity index (χ0v) is 12.1. The van der Waals surface area contributed by atoms with E-state index >= 15 is 0 Å². The molecule has 0 aliphatic carbocycles. The Bertz CT molecular complexity index is 344. The van der Waals surface area contributed by atoms with Gasteiger partial charge in [-0.15, -0.1) is 23.7 Å². The van der Waals surface area contributed by atoms with Crippen LogP contribution in [0.2, 0.25) is 4.34 Å². The molecular formula is C11H18Cl2N2OS. The Morgan fingerprint density at radius 1 is 1.53 bits per heavy atom. The molecule has 0 saturated carbocycles. The summed E-state index contributed by atoms with van der Waals surface area (Å²) >= 11 is 7.28. The van der Waals surface area contributed by atoms with E-state index in [1.54, 1.807) is 0 Å². The third-order valence-corrected chi connectivity index (χ3v) is 3.76. The first-order chi connectivity index (χ1) is 7.65. The second kappa shape index (κ2) is 8.75. The number of nitrogens with one attached hydrogen (secondary N) is 1. The first kappa shape index (κ1) is 16.7. The van der Waals surface area contributed by atoms with Crippen LogP contribution in [0.15, 0.2) is 12.1 Å². The van der Waals surface area contributed by atoms with Crippen molar-refractivity contribution in [1.29, 1.82) is 0 Å². The molecule has 1 amide bonds. The predicted octanol–water partition coefficient (Wildman–Crippen LogP) is 2.78. The summed E-state index contributed by atoms with van der Waals surface area (Å²) in [7, 11) is 0. The summed E-state index contributed by atoms with van der Waals surface area (Å²) in [5, 5.41) is 2.89. The molecule has 0 spiro atoms. The van der Waals surface area contributed by atoms with Gasteiger partial charge in [0.1, 0.15) is 0 Å². The maximum atomic E-state index is 11.7. The summed E-state index contributed by atoms with van der Waals surface area (Å²) in [6, 6.07) is 3.72. The fourth-order valence-electron chi connectivity index (χ4n) is 1.32. The van der Waals surface area contributed by atoms with Crippen molar-refractivity contribution in [3.63, 3.8) is 0 Å². The molecule has 0 aliphatic rings. The van der Waals surface area contributed by atoms with Gasteiger partial charge in [-0.2, -0.15) is 0 Å². The number of unbranched alkanes of at least 4 members (excludes halogenated alkanes) is 1. The normalized spacial score (nSPS) is 11.7. The Balaban J connectivity index is 0.00000256. The molecule has 1 rings (SSSR count). The van der Waals surface area contributed by atoms with E-state index in [1.807, 2.05) is 19.1 Å². The van der Waals surface area contributed by atoms with Crippen molar-refractivity contribution < 1.29 is 4.79 Å². The number of halogens is 2. The minimum absolute atomic E-state index is 0. The van der Waals surface area contributed by atoms with E-state index in [-0.39, 0.29) is 24.2 Å². The number of carbonyl (C=O) groups excluding carboxylic acids is 1. The van der Waals surface area contributed by atoms with Gasteiger partial charge in [0.15, 0.2) is 0 Å². The van der Waals surface area contributed by atoms with Crippen molar-refractivity contribution in [2.24, 2.45) is 5.73 Å². The van der Waals surface area contributed by atoms with Gasteiger partial charge < -0.3 is 11.1 Å². The number of thiophene rings is 1. The smallest absolute Gasteiger partial charge is 0.228 e. The van der Waals surface area contributed by atoms with Gasteiger partial charge in [-0.05, 0) is 38.4 Å². The lowest BCUT2D eigenvalue weighted by molar-refractivity contribution is -0.122. The first-order valence-electron chi connectivity index (χ1n) is 5.38. The third kappa shape index (κ3) is 5.73. The highest BCUT2D eigenvalue weighted by atomic mass is 35.5. The minimum Gasteiger partial charge on any atom is -0.356 e. The molecule has 3 nitrogen and oxygen atoms in total. The fourth-order valence-corrected chi connectivity index (χ4v) is 2.44. The van der Waals surface area contributed by atoms with Crippen LogP contribution < -0.4 is 11.1 Å². The number of hydrogen-bond acceptors (Lipinski definition) is 3. The summed E-state index contributed by atoms with van der Waals surface area (Å²) in [4.78, 5) is 12.7. The summed E-state index contributed by atoms with van der Waals surface area (Å²) < 4.78 is 0.720. The first-order valence-corrected chi connectivity index (χ1v) is 6.57. The lowest BCUT2D eigenvalue weighted by atomic mass is 10.1. The highest BCUT2D eigenvalue weighted by Gasteiger charge is 2.16. The minimum atomic E-state index is -0.129. The molecular weight excluding hydrogens is 279 g/mol. The molecule has 1 atom stereocenters. The van der Waals surface area contributed by atoms with E-state index < -0.39 is 0 Å². The average Bonchev–Trinajstić information content (AvgIpc) is 2.70. The van der Waals surface area contributed by atoms with Gasteiger partial charge in [-0.3, -0.25) is 4.79 Å². The van der Waals surface area contributed by atoms with E-state index in [2.05, 4.69) is 5.32 Å². The Kier molecular flexibility index (Phi) is 8.60. The van der Waals surface area contributed by atoms with Gasteiger partial charge in [-0.25, -0.2) is 0 Å². The zero-order chi connectivity index (χ0) is 12.0. The number of amides is 1. The third-order valence-electron chi connectivity index (χ3n) is 2.34. The Morgan fingerprint density at radius 2 is 2.24 bits per heavy atom. The van der Waals surface area contributed by atoms with Crippen LogP contribution in [0, 0.1) is 0 Å².